The Morgan fingerprint density at radius 2 is 1.27 bits per heavy atom. The third-order valence-corrected chi connectivity index (χ3v) is 9.99. The topological polar surface area (TPSA) is 81.7 Å². The first-order valence-electron chi connectivity index (χ1n) is 17.6. The van der Waals surface area contributed by atoms with E-state index in [-0.39, 0.29) is 38.6 Å². The zero-order chi connectivity index (χ0) is 38.5. The van der Waals surface area contributed by atoms with Gasteiger partial charge >= 0.3 is 12.3 Å². The van der Waals surface area contributed by atoms with Crippen LogP contribution in [0.4, 0.5) is 13.2 Å². The molecule has 2 saturated heterocycles. The number of ether oxygens (including phenoxy) is 7. The van der Waals surface area contributed by atoms with Gasteiger partial charge in [-0.3, -0.25) is 0 Å². The fourth-order valence-corrected chi connectivity index (χ4v) is 7.20. The number of esters is 1. The maximum Gasteiger partial charge on any atom is 0.573 e. The van der Waals surface area contributed by atoms with E-state index in [0.29, 0.717) is 21.7 Å². The summed E-state index contributed by atoms with van der Waals surface area (Å²) in [6.45, 7) is 0.146. The molecular weight excluding hydrogens is 737 g/mol. The van der Waals surface area contributed by atoms with Crippen LogP contribution >= 0.6 is 11.6 Å². The number of alkyl halides is 3. The number of halogens is 4. The molecule has 0 spiro atoms. The van der Waals surface area contributed by atoms with Gasteiger partial charge in [-0.2, -0.15) is 0 Å². The van der Waals surface area contributed by atoms with E-state index in [0.717, 1.165) is 16.7 Å². The van der Waals surface area contributed by atoms with Crippen molar-refractivity contribution in [3.8, 4) is 5.75 Å². The van der Waals surface area contributed by atoms with Crippen LogP contribution in [0.25, 0.3) is 0 Å². The molecule has 0 saturated carbocycles. The first kappa shape index (κ1) is 38.5. The summed E-state index contributed by atoms with van der Waals surface area (Å²) >= 11 is 6.74. The van der Waals surface area contributed by atoms with Gasteiger partial charge in [-0.1, -0.05) is 121 Å². The summed E-state index contributed by atoms with van der Waals surface area (Å²) in [7, 11) is 1.28. The van der Waals surface area contributed by atoms with Crippen LogP contribution < -0.4 is 4.74 Å². The Labute approximate surface area is 321 Å². The van der Waals surface area contributed by atoms with E-state index in [1.54, 1.807) is 18.2 Å². The molecule has 2 bridgehead atoms. The van der Waals surface area contributed by atoms with Crippen molar-refractivity contribution in [2.24, 2.45) is 0 Å². The van der Waals surface area contributed by atoms with E-state index >= 15 is 0 Å². The Morgan fingerprint density at radius 1 is 0.727 bits per heavy atom. The molecule has 0 unspecified atom stereocenters. The van der Waals surface area contributed by atoms with Gasteiger partial charge < -0.3 is 33.2 Å². The predicted molar refractivity (Wildman–Crippen MR) is 196 cm³/mol. The molecule has 0 N–H and O–H groups in total. The van der Waals surface area contributed by atoms with Crippen LogP contribution in [0.2, 0.25) is 5.02 Å². The van der Waals surface area contributed by atoms with Gasteiger partial charge in [0.25, 0.3) is 0 Å². The first-order chi connectivity index (χ1) is 26.6. The van der Waals surface area contributed by atoms with Crippen molar-refractivity contribution in [2.75, 3.05) is 13.7 Å². The Balaban J connectivity index is 1.31. The van der Waals surface area contributed by atoms with Gasteiger partial charge in [-0.15, -0.1) is 13.2 Å². The quantitative estimate of drug-likeness (QED) is 0.104. The Bertz CT molecular complexity index is 2030. The van der Waals surface area contributed by atoms with Crippen molar-refractivity contribution in [3.05, 3.63) is 172 Å². The Hall–Kier alpha value is -4.75. The number of benzene rings is 5. The van der Waals surface area contributed by atoms with E-state index < -0.39 is 42.0 Å². The van der Waals surface area contributed by atoms with E-state index in [9.17, 15) is 18.0 Å². The molecule has 2 aliphatic rings. The van der Waals surface area contributed by atoms with E-state index in [1.807, 2.05) is 91.0 Å². The van der Waals surface area contributed by atoms with Crippen LogP contribution in [0, 0.1) is 0 Å². The molecule has 5 aromatic rings. The summed E-state index contributed by atoms with van der Waals surface area (Å²) < 4.78 is 81.6. The minimum Gasteiger partial charge on any atom is -0.467 e. The Morgan fingerprint density at radius 3 is 1.82 bits per heavy atom. The highest BCUT2D eigenvalue weighted by atomic mass is 35.5. The van der Waals surface area contributed by atoms with Crippen LogP contribution in [-0.4, -0.2) is 50.0 Å². The lowest BCUT2D eigenvalue weighted by Crippen LogP contribution is -2.69. The molecule has 0 aromatic heterocycles. The monoisotopic (exact) mass is 774 g/mol. The average Bonchev–Trinajstić information content (AvgIpc) is 3.56. The molecule has 286 valence electrons. The number of rotatable bonds is 14. The fraction of sp³-hybridized carbons (Fsp3) is 0.279. The number of carbonyl (C=O) groups is 1. The van der Waals surface area contributed by atoms with Crippen LogP contribution in [0.1, 0.15) is 33.4 Å². The predicted octanol–water partition coefficient (Wildman–Crippen LogP) is 8.71. The zero-order valence-corrected chi connectivity index (χ0v) is 30.5. The molecule has 5 aromatic carbocycles. The minimum atomic E-state index is -4.81. The zero-order valence-electron chi connectivity index (χ0n) is 29.7. The van der Waals surface area contributed by atoms with Crippen molar-refractivity contribution in [2.45, 2.75) is 62.3 Å². The van der Waals surface area contributed by atoms with Gasteiger partial charge in [-0.05, 0) is 58.5 Å². The molecule has 2 heterocycles. The largest absolute Gasteiger partial charge is 0.573 e. The molecule has 12 heteroatoms. The second kappa shape index (κ2) is 16.5. The van der Waals surface area contributed by atoms with Gasteiger partial charge in [0.15, 0.2) is 0 Å². The van der Waals surface area contributed by atoms with E-state index in [2.05, 4.69) is 4.74 Å². The fourth-order valence-electron chi connectivity index (χ4n) is 7.01. The lowest BCUT2D eigenvalue weighted by atomic mass is 9.82. The van der Waals surface area contributed by atoms with Gasteiger partial charge in [0.1, 0.15) is 24.1 Å². The number of carbonyl (C=O) groups excluding carboxylic acids is 1. The highest BCUT2D eigenvalue weighted by molar-refractivity contribution is 6.31. The second-order valence-corrected chi connectivity index (χ2v) is 13.7. The van der Waals surface area contributed by atoms with Crippen LogP contribution in [0.15, 0.2) is 133 Å². The molecule has 8 nitrogen and oxygen atoms in total. The standard InChI is InChI=1S/C43H38ClF3O8/c1-49-40(48)41-28-53-42(55-41,34-19-22-36(44)33(24-34)23-29-17-20-35(21-18-29)54-43(45,46)47)39(52-27-32-15-9-4-10-16-32)37(50-25-30-11-5-2-6-12-30)38(41)51-26-31-13-7-3-8-14-31/h2-22,24,37-39H,23,25-28H2,1H3/t37-,38-,39+,41-,42-/m0/s1. The number of fused-ring (bicyclic) bond motifs is 2. The summed E-state index contributed by atoms with van der Waals surface area (Å²) in [6, 6.07) is 39.4. The minimum absolute atomic E-state index is 0.120. The molecule has 2 fully saturated rings. The number of hydrogen-bond donors (Lipinski definition) is 0. The Kier molecular flexibility index (Phi) is 11.6. The summed E-state index contributed by atoms with van der Waals surface area (Å²) in [5, 5.41) is 0.395. The third-order valence-electron chi connectivity index (χ3n) is 9.63. The van der Waals surface area contributed by atoms with Crippen molar-refractivity contribution in [1.29, 1.82) is 0 Å². The van der Waals surface area contributed by atoms with Gasteiger partial charge in [-0.25, -0.2) is 4.79 Å². The molecule has 0 aliphatic carbocycles. The van der Waals surface area contributed by atoms with Crippen LogP contribution in [0.5, 0.6) is 5.75 Å². The molecule has 2 aliphatic heterocycles. The van der Waals surface area contributed by atoms with Crippen molar-refractivity contribution >= 4 is 17.6 Å². The number of methoxy groups -OCH3 is 1. The van der Waals surface area contributed by atoms with Crippen molar-refractivity contribution in [1.82, 2.24) is 0 Å². The SMILES string of the molecule is COC(=O)[C@@]12CO[C@@](c3ccc(Cl)c(Cc4ccc(OC(F)(F)F)cc4)c3)(O1)[C@H](OCc1ccccc1)[C@@H](OCc1ccccc1)[C@@H]2OCc1ccccc1. The number of hydrogen-bond acceptors (Lipinski definition) is 8. The lowest BCUT2D eigenvalue weighted by molar-refractivity contribution is -0.345. The van der Waals surface area contributed by atoms with E-state index in [1.165, 1.54) is 31.4 Å². The van der Waals surface area contributed by atoms with Gasteiger partial charge in [0.05, 0.1) is 33.5 Å². The van der Waals surface area contributed by atoms with Crippen molar-refractivity contribution < 1.29 is 51.1 Å². The maximum atomic E-state index is 14.0. The summed E-state index contributed by atoms with van der Waals surface area (Å²) in [5.74, 6) is -2.79. The van der Waals surface area contributed by atoms with Gasteiger partial charge in [0, 0.05) is 10.6 Å². The lowest BCUT2D eigenvalue weighted by Gasteiger charge is -2.49. The van der Waals surface area contributed by atoms with Gasteiger partial charge in [0.2, 0.25) is 11.4 Å². The highest BCUT2D eigenvalue weighted by Crippen LogP contribution is 2.53. The molecule has 0 amide bonds. The maximum absolute atomic E-state index is 14.0. The summed E-state index contributed by atoms with van der Waals surface area (Å²) in [4.78, 5) is 14.0. The molecule has 5 atom stereocenters. The van der Waals surface area contributed by atoms with Crippen molar-refractivity contribution in [3.63, 3.8) is 0 Å². The van der Waals surface area contributed by atoms with Crippen LogP contribution in [0.3, 0.4) is 0 Å². The third kappa shape index (κ3) is 8.57. The average molecular weight is 775 g/mol. The molecule has 7 rings (SSSR count). The molecule has 0 radical (unpaired) electrons. The first-order valence-corrected chi connectivity index (χ1v) is 18.0. The normalized spacial score (nSPS) is 23.3. The summed E-state index contributed by atoms with van der Waals surface area (Å²) in [5.41, 5.74) is 2.59. The summed E-state index contributed by atoms with van der Waals surface area (Å²) in [6.07, 6.45) is -7.62. The molecular formula is C43H38ClF3O8. The highest BCUT2D eigenvalue weighted by Gasteiger charge is 2.73. The smallest absolute Gasteiger partial charge is 0.467 e. The molecule has 55 heavy (non-hydrogen) atoms. The van der Waals surface area contributed by atoms with Crippen LogP contribution in [-0.2, 0) is 65.2 Å². The van der Waals surface area contributed by atoms with E-state index in [4.69, 9.17) is 40.0 Å². The second-order valence-electron chi connectivity index (χ2n) is 13.3.